The van der Waals surface area contributed by atoms with Gasteiger partial charge in [0.1, 0.15) is 0 Å². The third kappa shape index (κ3) is 6.61. The molecule has 0 rings (SSSR count). The van der Waals surface area contributed by atoms with E-state index in [-0.39, 0.29) is 0 Å². The highest BCUT2D eigenvalue weighted by atomic mass is 32.5. The van der Waals surface area contributed by atoms with Gasteiger partial charge in [-0.2, -0.15) is 8.42 Å². The summed E-state index contributed by atoms with van der Waals surface area (Å²) in [4.78, 5) is 0. The van der Waals surface area contributed by atoms with Gasteiger partial charge >= 0.3 is 10.5 Å². The maximum Gasteiger partial charge on any atom is 0.411 e. The number of hydrogen-bond donors (Lipinski definition) is 0. The molecule has 0 spiro atoms. The summed E-state index contributed by atoms with van der Waals surface area (Å²) in [5.74, 6) is -1.17. The summed E-state index contributed by atoms with van der Waals surface area (Å²) in [5, 5.41) is 0. The van der Waals surface area contributed by atoms with E-state index in [0.29, 0.717) is 0 Å². The van der Waals surface area contributed by atoms with Gasteiger partial charge < -0.3 is 0 Å². The Morgan fingerprint density at radius 2 is 1.50 bits per heavy atom. The van der Waals surface area contributed by atoms with Crippen LogP contribution in [0.1, 0.15) is 6.92 Å². The molecule has 10 heteroatoms. The van der Waals surface area contributed by atoms with E-state index >= 15 is 0 Å². The molecule has 0 unspecified atom stereocenters. The van der Waals surface area contributed by atoms with E-state index in [1.54, 1.807) is 0 Å². The van der Waals surface area contributed by atoms with Gasteiger partial charge in [-0.1, -0.05) is 19.4 Å². The molecule has 0 amide bonds. The molecule has 0 fully saturated rings. The lowest BCUT2D eigenvalue weighted by molar-refractivity contribution is 0.247. The van der Waals surface area contributed by atoms with Crippen LogP contribution in [0.3, 0.4) is 0 Å². The predicted molar refractivity (Wildman–Crippen MR) is 33.7 cm³/mol. The van der Waals surface area contributed by atoms with Gasteiger partial charge in [0.05, 0.1) is 5.75 Å². The van der Waals surface area contributed by atoms with Gasteiger partial charge in [0.15, 0.2) is 0 Å². The van der Waals surface area contributed by atoms with Crippen molar-refractivity contribution in [2.24, 2.45) is 0 Å². The van der Waals surface area contributed by atoms with Crippen LogP contribution in [0, 0.1) is 0 Å². The second-order valence-corrected chi connectivity index (χ2v) is 5.85. The van der Waals surface area contributed by atoms with Crippen molar-refractivity contribution >= 4 is 20.6 Å². The Kier molecular flexibility index (Phi) is 2.03. The van der Waals surface area contributed by atoms with Crippen LogP contribution in [-0.4, -0.2) is 14.2 Å². The van der Waals surface area contributed by atoms with Crippen LogP contribution in [0.25, 0.3) is 0 Å². The Morgan fingerprint density at radius 1 is 1.17 bits per heavy atom. The van der Waals surface area contributed by atoms with Crippen molar-refractivity contribution in [3.05, 3.63) is 0 Å². The minimum atomic E-state index is -10.3. The molecule has 0 N–H and O–H groups in total. The van der Waals surface area contributed by atoms with Crippen molar-refractivity contribution in [2.45, 2.75) is 6.92 Å². The van der Waals surface area contributed by atoms with Crippen LogP contribution in [0.15, 0.2) is 0 Å². The first-order chi connectivity index (χ1) is 4.74. The number of rotatable bonds is 3. The van der Waals surface area contributed by atoms with Gasteiger partial charge in [-0.3, -0.25) is 0 Å². The molecule has 0 atom stereocenters. The van der Waals surface area contributed by atoms with Gasteiger partial charge in [-0.05, 0) is 6.92 Å². The van der Waals surface area contributed by atoms with Crippen molar-refractivity contribution in [3.8, 4) is 0 Å². The molecule has 0 aliphatic heterocycles. The molecule has 0 aliphatic carbocycles. The zero-order valence-corrected chi connectivity index (χ0v) is 7.27. The molecular weight excluding hydrogens is 231 g/mol. The van der Waals surface area contributed by atoms with Crippen LogP contribution in [0.2, 0.25) is 0 Å². The summed E-state index contributed by atoms with van der Waals surface area (Å²) in [6.45, 7) is 0.749. The number of hydrogen-bond acceptors (Lipinski definition) is 3. The molecule has 0 aliphatic rings. The molecule has 0 saturated heterocycles. The topological polar surface area (TPSA) is 43.4 Å². The SMILES string of the molecule is CCS(=O)(=O)OS(F)(F)(F)(F)F. The third-order valence-electron chi connectivity index (χ3n) is 0.586. The zero-order chi connectivity index (χ0) is 10.3. The van der Waals surface area contributed by atoms with Crippen LogP contribution >= 0.6 is 10.5 Å². The molecule has 0 bridgehead atoms. The minimum absolute atomic E-state index is 0.749. The molecule has 0 heterocycles. The lowest BCUT2D eigenvalue weighted by Gasteiger charge is -2.37. The summed E-state index contributed by atoms with van der Waals surface area (Å²) < 4.78 is 78.5. The summed E-state index contributed by atoms with van der Waals surface area (Å²) in [5.41, 5.74) is 0. The maximum atomic E-state index is 11.3. The fourth-order valence-corrected chi connectivity index (χ4v) is 2.20. The Labute approximate surface area is 65.6 Å². The van der Waals surface area contributed by atoms with Gasteiger partial charge in [-0.25, -0.2) is 0 Å². The van der Waals surface area contributed by atoms with Gasteiger partial charge in [0.25, 0.3) is 10.1 Å². The third-order valence-corrected chi connectivity index (χ3v) is 3.15. The molecule has 78 valence electrons. The highest BCUT2D eigenvalue weighted by molar-refractivity contribution is 8.44. The average molecular weight is 236 g/mol. The first-order valence-electron chi connectivity index (χ1n) is 2.43. The molecule has 0 radical (unpaired) electrons. The fraction of sp³-hybridized carbons (Fsp3) is 1.00. The monoisotopic (exact) mass is 236 g/mol. The number of halogens is 5. The molecule has 0 aromatic rings. The Bertz CT molecular complexity index is 272. The normalized spacial score (nSPS) is 19.8. The molecular formula is C2H5F5O3S2. The van der Waals surface area contributed by atoms with Crippen molar-refractivity contribution < 1.29 is 31.5 Å². The maximum absolute atomic E-state index is 11.3. The quantitative estimate of drug-likeness (QED) is 0.707. The summed E-state index contributed by atoms with van der Waals surface area (Å²) in [6, 6.07) is 0. The van der Waals surface area contributed by atoms with Gasteiger partial charge in [-0.15, -0.1) is 3.63 Å². The predicted octanol–water partition coefficient (Wildman–Crippen LogP) is 2.57. The Morgan fingerprint density at radius 3 is 1.58 bits per heavy atom. The van der Waals surface area contributed by atoms with Gasteiger partial charge in [0.2, 0.25) is 0 Å². The van der Waals surface area contributed by atoms with Crippen LogP contribution in [0.5, 0.6) is 0 Å². The average Bonchev–Trinajstić information content (AvgIpc) is 1.54. The van der Waals surface area contributed by atoms with E-state index in [1.807, 2.05) is 3.63 Å². The van der Waals surface area contributed by atoms with Crippen molar-refractivity contribution in [1.82, 2.24) is 0 Å². The minimum Gasteiger partial charge on any atom is -0.198 e. The first-order valence-corrected chi connectivity index (χ1v) is 5.89. The summed E-state index contributed by atoms with van der Waals surface area (Å²) in [6.07, 6.45) is 0. The Hall–Kier alpha value is -0.0900. The first kappa shape index (κ1) is 11.9. The fourth-order valence-electron chi connectivity index (χ4n) is 0.244. The molecule has 0 aromatic carbocycles. The molecule has 0 saturated carbocycles. The largest absolute Gasteiger partial charge is 0.411 e. The smallest absolute Gasteiger partial charge is 0.198 e. The van der Waals surface area contributed by atoms with Crippen molar-refractivity contribution in [1.29, 1.82) is 0 Å². The molecule has 12 heavy (non-hydrogen) atoms. The standard InChI is InChI=1S/C2H5F5O3S2/c1-2-11(8,9)10-12(3,4,5,6)7/h2H2,1H3. The van der Waals surface area contributed by atoms with E-state index in [0.717, 1.165) is 6.92 Å². The molecule has 3 nitrogen and oxygen atoms in total. The molecule has 0 aromatic heterocycles. The van der Waals surface area contributed by atoms with Crippen LogP contribution in [-0.2, 0) is 13.7 Å². The summed E-state index contributed by atoms with van der Waals surface area (Å²) >= 11 is 0. The lowest BCUT2D eigenvalue weighted by Crippen LogP contribution is -2.18. The van der Waals surface area contributed by atoms with E-state index in [4.69, 9.17) is 0 Å². The lowest BCUT2D eigenvalue weighted by atomic mass is 11.0. The van der Waals surface area contributed by atoms with E-state index in [1.165, 1.54) is 0 Å². The van der Waals surface area contributed by atoms with Gasteiger partial charge in [0, 0.05) is 0 Å². The van der Waals surface area contributed by atoms with E-state index in [9.17, 15) is 27.8 Å². The van der Waals surface area contributed by atoms with E-state index < -0.39 is 26.4 Å². The second-order valence-electron chi connectivity index (χ2n) is 1.81. The van der Waals surface area contributed by atoms with Crippen molar-refractivity contribution in [3.63, 3.8) is 0 Å². The summed E-state index contributed by atoms with van der Waals surface area (Å²) in [7, 11) is -15.5. The van der Waals surface area contributed by atoms with Crippen molar-refractivity contribution in [2.75, 3.05) is 5.75 Å². The Balaban J connectivity index is 4.97. The highest BCUT2D eigenvalue weighted by Gasteiger charge is 2.69. The van der Waals surface area contributed by atoms with E-state index in [2.05, 4.69) is 0 Å². The van der Waals surface area contributed by atoms with Crippen LogP contribution < -0.4 is 0 Å². The highest BCUT2D eigenvalue weighted by Crippen LogP contribution is 2.99. The van der Waals surface area contributed by atoms with Crippen LogP contribution in [0.4, 0.5) is 19.4 Å². The zero-order valence-electron chi connectivity index (χ0n) is 5.64. The second kappa shape index (κ2) is 2.04.